The molecular formula is C40H42O10S. The Labute approximate surface area is 301 Å². The lowest BCUT2D eigenvalue weighted by atomic mass is 9.86. The molecule has 1 aliphatic carbocycles. The van der Waals surface area contributed by atoms with Crippen LogP contribution in [0.15, 0.2) is 69.9 Å². The number of carboxylic acids is 1. The first-order valence-electron chi connectivity index (χ1n) is 16.8. The van der Waals surface area contributed by atoms with Crippen molar-refractivity contribution in [2.24, 2.45) is 0 Å². The van der Waals surface area contributed by atoms with E-state index >= 15 is 0 Å². The number of phenolic OH excluding ortho intramolecular Hbond substituents is 1. The van der Waals surface area contributed by atoms with Gasteiger partial charge in [-0.3, -0.25) is 9.59 Å². The van der Waals surface area contributed by atoms with Crippen molar-refractivity contribution in [2.75, 3.05) is 13.7 Å². The second-order valence-corrected chi connectivity index (χ2v) is 12.6. The topological polar surface area (TPSA) is 161 Å². The minimum Gasteiger partial charge on any atom is -0.507 e. The number of hydrogen-bond donors (Lipinski definition) is 3. The molecule has 0 aliphatic heterocycles. The van der Waals surface area contributed by atoms with E-state index in [0.717, 1.165) is 32.1 Å². The molecule has 10 nitrogen and oxygen atoms in total. The molecule has 1 aliphatic rings. The van der Waals surface area contributed by atoms with Crippen LogP contribution in [0.2, 0.25) is 0 Å². The highest BCUT2D eigenvalue weighted by molar-refractivity contribution is 7.81. The molecule has 0 amide bonds. The highest BCUT2D eigenvalue weighted by Gasteiger charge is 2.31. The van der Waals surface area contributed by atoms with E-state index in [2.05, 4.69) is 0 Å². The predicted octanol–water partition coefficient (Wildman–Crippen LogP) is 5.89. The van der Waals surface area contributed by atoms with Crippen LogP contribution in [0, 0.1) is 0 Å². The summed E-state index contributed by atoms with van der Waals surface area (Å²) in [4.78, 5) is 50.7. The van der Waals surface area contributed by atoms with Gasteiger partial charge in [0.25, 0.3) is 0 Å². The molecule has 0 spiro atoms. The van der Waals surface area contributed by atoms with E-state index in [-0.39, 0.29) is 44.4 Å². The van der Waals surface area contributed by atoms with Crippen LogP contribution in [-0.4, -0.2) is 51.6 Å². The number of unbranched alkanes of at least 4 members (excludes halogenated alkanes) is 3. The van der Waals surface area contributed by atoms with Gasteiger partial charge in [-0.1, -0.05) is 68.1 Å². The summed E-state index contributed by atoms with van der Waals surface area (Å²) in [6.45, 7) is 3.86. The number of aliphatic hydroxyl groups excluding tert-OH is 1. The summed E-state index contributed by atoms with van der Waals surface area (Å²) in [6.07, 6.45) is 13.4. The number of carbonyl (C=O) groups excluding carboxylic acids is 2. The lowest BCUT2D eigenvalue weighted by molar-refractivity contribution is 0.0599. The van der Waals surface area contributed by atoms with Gasteiger partial charge >= 0.3 is 11.9 Å². The number of ether oxygens (including phenoxy) is 2. The van der Waals surface area contributed by atoms with E-state index in [4.69, 9.17) is 26.1 Å². The molecule has 0 radical (unpaired) electrons. The highest BCUT2D eigenvalue weighted by atomic mass is 32.1. The fourth-order valence-corrected chi connectivity index (χ4v) is 6.08. The van der Waals surface area contributed by atoms with E-state index in [1.165, 1.54) is 32.2 Å². The number of aromatic carboxylic acids is 1. The Morgan fingerprint density at radius 2 is 1.88 bits per heavy atom. The van der Waals surface area contributed by atoms with E-state index in [1.807, 2.05) is 13.0 Å². The summed E-state index contributed by atoms with van der Waals surface area (Å²) in [5.74, 6) is -3.49. The van der Waals surface area contributed by atoms with Crippen LogP contribution in [-0.2, 0) is 11.2 Å². The summed E-state index contributed by atoms with van der Waals surface area (Å²) in [5, 5.41) is 32.4. The van der Waals surface area contributed by atoms with Gasteiger partial charge in [0.05, 0.1) is 41.7 Å². The van der Waals surface area contributed by atoms with Crippen LogP contribution >= 0.6 is 12.2 Å². The number of phenols is 1. The third-order valence-electron chi connectivity index (χ3n) is 8.49. The molecular weight excluding hydrogens is 672 g/mol. The van der Waals surface area contributed by atoms with Gasteiger partial charge in [-0.2, -0.15) is 0 Å². The quantitative estimate of drug-likeness (QED) is 0.0503. The van der Waals surface area contributed by atoms with Crippen molar-refractivity contribution in [3.05, 3.63) is 115 Å². The zero-order chi connectivity index (χ0) is 37.1. The number of thiocarbonyl (C=S) groups is 1. The minimum absolute atomic E-state index is 0.0160. The number of ketones is 1. The fourth-order valence-electron chi connectivity index (χ4n) is 5.89. The van der Waals surface area contributed by atoms with Crippen molar-refractivity contribution in [1.29, 1.82) is 0 Å². The Kier molecular flexibility index (Phi) is 13.8. The average molecular weight is 715 g/mol. The molecule has 3 aromatic rings. The number of esters is 1. The maximum atomic E-state index is 13.8. The summed E-state index contributed by atoms with van der Waals surface area (Å²) >= 11 is 5.22. The van der Waals surface area contributed by atoms with Gasteiger partial charge in [-0.15, -0.1) is 0 Å². The number of methoxy groups -OCH3 is 1. The summed E-state index contributed by atoms with van der Waals surface area (Å²) < 4.78 is 16.5. The molecule has 51 heavy (non-hydrogen) atoms. The van der Waals surface area contributed by atoms with Crippen LogP contribution in [0.4, 0.5) is 0 Å². The van der Waals surface area contributed by atoms with Gasteiger partial charge in [0.2, 0.25) is 5.76 Å². The van der Waals surface area contributed by atoms with Crippen molar-refractivity contribution in [3.8, 4) is 11.5 Å². The second-order valence-electron chi connectivity index (χ2n) is 12.1. The molecule has 2 aromatic carbocycles. The summed E-state index contributed by atoms with van der Waals surface area (Å²) in [7, 11) is 1.24. The first-order valence-corrected chi connectivity index (χ1v) is 17.2. The number of hydrogen-bond acceptors (Lipinski definition) is 10. The normalized spacial score (nSPS) is 13.7. The molecule has 0 fully saturated rings. The van der Waals surface area contributed by atoms with Crippen molar-refractivity contribution >= 4 is 47.0 Å². The molecule has 1 heterocycles. The van der Waals surface area contributed by atoms with E-state index < -0.39 is 35.1 Å². The number of rotatable bonds is 17. The Balaban J connectivity index is 1.49. The fraction of sp³-hybridized carbons (Fsp3) is 0.325. The smallest absolute Gasteiger partial charge is 0.372 e. The van der Waals surface area contributed by atoms with Gasteiger partial charge in [0.15, 0.2) is 11.2 Å². The number of carboxylic acid groups (broad SMARTS) is 1. The molecule has 0 unspecified atom stereocenters. The molecule has 3 N–H and O–H groups in total. The van der Waals surface area contributed by atoms with Crippen LogP contribution < -0.4 is 20.8 Å². The van der Waals surface area contributed by atoms with Crippen LogP contribution in [0.5, 0.6) is 11.5 Å². The Hall–Kier alpha value is -5.13. The Bertz CT molecular complexity index is 2040. The molecule has 1 aromatic heterocycles. The summed E-state index contributed by atoms with van der Waals surface area (Å²) in [6, 6.07) is 9.41. The zero-order valence-corrected chi connectivity index (χ0v) is 29.7. The molecule has 0 saturated carbocycles. The van der Waals surface area contributed by atoms with Gasteiger partial charge in [-0.05, 0) is 74.9 Å². The van der Waals surface area contributed by atoms with Gasteiger partial charge in [0.1, 0.15) is 16.9 Å². The summed E-state index contributed by atoms with van der Waals surface area (Å²) in [5.41, 5.74) is 0.613. The molecule has 0 bridgehead atoms. The van der Waals surface area contributed by atoms with E-state index in [9.17, 15) is 34.5 Å². The molecule has 4 rings (SSSR count). The van der Waals surface area contributed by atoms with Crippen molar-refractivity contribution in [1.82, 2.24) is 0 Å². The average Bonchev–Trinajstić information content (AvgIpc) is 3.11. The number of aromatic hydroxyl groups is 1. The zero-order valence-electron chi connectivity index (χ0n) is 28.8. The molecule has 268 valence electrons. The standard InChI is InChI=1S/C40H42O10S/c1-4-13-29-32(20-19-28(24(2)41)36(29)43)49-21-11-9-7-5-6-8-10-16-31(35(42)25-14-12-15-26(22-25)40(47)48-3)34-37(44)30-18-17-27(51)23-33(30)50-38(34)39(45)46/h6,8,10,12,14-16,18-20,22-23,31,35,42-43H,4-5,7,9,11,13,17,21H2,1-3H3,(H,45,46)/b8-6-,16-10+/t31-,35-/m0/s1. The number of Topliss-reactive ketones (excluding diaryl/α,β-unsaturated/α-hetero) is 1. The number of fused-ring (bicyclic) bond motifs is 1. The number of aliphatic hydroxyl groups is 1. The second kappa shape index (κ2) is 18.2. The molecule has 2 atom stereocenters. The lowest BCUT2D eigenvalue weighted by Crippen LogP contribution is -2.45. The number of benzene rings is 2. The van der Waals surface area contributed by atoms with Crippen LogP contribution in [0.25, 0.3) is 12.2 Å². The Morgan fingerprint density at radius 1 is 1.10 bits per heavy atom. The molecule has 11 heteroatoms. The van der Waals surface area contributed by atoms with Gasteiger partial charge < -0.3 is 29.2 Å². The SMILES string of the molecule is CCCc1c(OCCCCC/C=C\C=C\[C@@H](c2c(C(=O)O)oc3c(c2=O)=CCC(=S)C=3)[C@@H](O)c2cccc(C(=O)OC)c2)ccc(C(C)=O)c1O. The molecule has 0 saturated heterocycles. The van der Waals surface area contributed by atoms with Crippen LogP contribution in [0.1, 0.15) is 112 Å². The van der Waals surface area contributed by atoms with Gasteiger partial charge in [0, 0.05) is 22.8 Å². The lowest BCUT2D eigenvalue weighted by Gasteiger charge is -2.22. The van der Waals surface area contributed by atoms with Crippen molar-refractivity contribution in [2.45, 2.75) is 70.8 Å². The third-order valence-corrected chi connectivity index (χ3v) is 8.77. The maximum absolute atomic E-state index is 13.8. The van der Waals surface area contributed by atoms with Gasteiger partial charge in [-0.25, -0.2) is 9.59 Å². The largest absolute Gasteiger partial charge is 0.507 e. The first kappa shape index (κ1) is 38.7. The predicted molar refractivity (Wildman–Crippen MR) is 197 cm³/mol. The van der Waals surface area contributed by atoms with Crippen molar-refractivity contribution in [3.63, 3.8) is 0 Å². The monoisotopic (exact) mass is 714 g/mol. The van der Waals surface area contributed by atoms with Crippen LogP contribution in [0.3, 0.4) is 0 Å². The maximum Gasteiger partial charge on any atom is 0.372 e. The Morgan fingerprint density at radius 3 is 2.59 bits per heavy atom. The number of allylic oxidation sites excluding steroid dienone is 3. The first-order chi connectivity index (χ1) is 24.5. The minimum atomic E-state index is -1.48. The highest BCUT2D eigenvalue weighted by Crippen LogP contribution is 2.34. The number of carbonyl (C=O) groups is 3. The van der Waals surface area contributed by atoms with E-state index in [0.29, 0.717) is 35.6 Å². The van der Waals surface area contributed by atoms with E-state index in [1.54, 1.807) is 48.6 Å². The van der Waals surface area contributed by atoms with Crippen molar-refractivity contribution < 1.29 is 43.6 Å². The third kappa shape index (κ3) is 9.56.